The van der Waals surface area contributed by atoms with Crippen LogP contribution < -0.4 is 11.1 Å². The minimum absolute atomic E-state index is 0.0229. The highest BCUT2D eigenvalue weighted by Crippen LogP contribution is 2.27. The number of nitrogens with one attached hydrogen (secondary N) is 1. The van der Waals surface area contributed by atoms with E-state index in [1.54, 1.807) is 0 Å². The fourth-order valence-electron chi connectivity index (χ4n) is 2.67. The van der Waals surface area contributed by atoms with Gasteiger partial charge in [-0.2, -0.15) is 0 Å². The van der Waals surface area contributed by atoms with E-state index in [1.807, 2.05) is 38.1 Å². The number of hydrogen-bond acceptors (Lipinski definition) is 4. The highest BCUT2D eigenvalue weighted by atomic mass is 35.5. The summed E-state index contributed by atoms with van der Waals surface area (Å²) in [5.74, 6) is -0.239. The van der Waals surface area contributed by atoms with Crippen molar-refractivity contribution >= 4 is 17.5 Å². The molecular weight excluding hydrogens is 314 g/mol. The first-order valence-electron chi connectivity index (χ1n) is 8.10. The van der Waals surface area contributed by atoms with Gasteiger partial charge in [-0.25, -0.2) is 0 Å². The average molecular weight is 340 g/mol. The van der Waals surface area contributed by atoms with Crippen molar-refractivity contribution in [2.45, 2.75) is 25.9 Å². The Hall–Kier alpha value is -1.14. The topological polar surface area (TPSA) is 67.6 Å². The zero-order valence-electron chi connectivity index (χ0n) is 13.8. The summed E-state index contributed by atoms with van der Waals surface area (Å²) in [6.45, 7) is 7.26. The second-order valence-electron chi connectivity index (χ2n) is 6.08. The predicted molar refractivity (Wildman–Crippen MR) is 92.4 cm³/mol. The molecule has 0 aromatic heterocycles. The van der Waals surface area contributed by atoms with Crippen molar-refractivity contribution in [1.29, 1.82) is 0 Å². The second kappa shape index (κ2) is 8.64. The normalized spacial score (nSPS) is 19.8. The highest BCUT2D eigenvalue weighted by molar-refractivity contribution is 6.31. The lowest BCUT2D eigenvalue weighted by atomic mass is 10.0. The summed E-state index contributed by atoms with van der Waals surface area (Å²) in [5.41, 5.74) is 6.84. The zero-order valence-corrected chi connectivity index (χ0v) is 14.6. The second-order valence-corrected chi connectivity index (χ2v) is 6.49. The molecule has 1 saturated heterocycles. The Kier molecular flexibility index (Phi) is 6.84. The molecule has 1 aliphatic rings. The number of carbonyl (C=O) groups excluding carboxylic acids is 1. The number of carbonyl (C=O) groups is 1. The maximum absolute atomic E-state index is 12.2. The molecule has 5 nitrogen and oxygen atoms in total. The minimum Gasteiger partial charge on any atom is -0.379 e. The van der Waals surface area contributed by atoms with E-state index in [2.05, 4.69) is 10.2 Å². The molecule has 6 heteroatoms. The molecule has 3 N–H and O–H groups in total. The molecule has 3 atom stereocenters. The van der Waals surface area contributed by atoms with Crippen LogP contribution in [0, 0.1) is 5.92 Å². The lowest BCUT2D eigenvalue weighted by molar-refractivity contribution is -0.125. The molecule has 1 heterocycles. The van der Waals surface area contributed by atoms with Crippen molar-refractivity contribution in [3.05, 3.63) is 34.9 Å². The van der Waals surface area contributed by atoms with Crippen LogP contribution in [0.15, 0.2) is 24.3 Å². The Morgan fingerprint density at radius 1 is 1.35 bits per heavy atom. The van der Waals surface area contributed by atoms with E-state index in [-0.39, 0.29) is 23.9 Å². The molecule has 0 saturated carbocycles. The third-order valence-corrected chi connectivity index (χ3v) is 4.77. The van der Waals surface area contributed by atoms with E-state index >= 15 is 0 Å². The molecule has 2 rings (SSSR count). The van der Waals surface area contributed by atoms with Crippen LogP contribution in [-0.2, 0) is 9.53 Å². The van der Waals surface area contributed by atoms with Gasteiger partial charge in [-0.1, -0.05) is 36.7 Å². The number of hydrogen-bond donors (Lipinski definition) is 2. The molecular formula is C17H26ClN3O2. The summed E-state index contributed by atoms with van der Waals surface area (Å²) >= 11 is 6.38. The van der Waals surface area contributed by atoms with Gasteiger partial charge in [0.1, 0.15) is 0 Å². The maximum Gasteiger partial charge on any atom is 0.224 e. The molecule has 0 radical (unpaired) electrons. The van der Waals surface area contributed by atoms with E-state index in [0.717, 1.165) is 23.7 Å². The zero-order chi connectivity index (χ0) is 16.8. The SMILES string of the molecule is CC(N)C(C)C(=O)NCC(c1ccccc1Cl)N1CCOCC1. The Balaban J connectivity index is 2.11. The van der Waals surface area contributed by atoms with Crippen LogP contribution in [0.3, 0.4) is 0 Å². The molecule has 1 aromatic carbocycles. The van der Waals surface area contributed by atoms with Crippen molar-refractivity contribution in [3.8, 4) is 0 Å². The Labute approximate surface area is 143 Å². The van der Waals surface area contributed by atoms with Gasteiger partial charge in [0.25, 0.3) is 0 Å². The summed E-state index contributed by atoms with van der Waals surface area (Å²) < 4.78 is 5.43. The minimum atomic E-state index is -0.216. The Morgan fingerprint density at radius 2 is 2.00 bits per heavy atom. The summed E-state index contributed by atoms with van der Waals surface area (Å²) in [7, 11) is 0. The van der Waals surface area contributed by atoms with Gasteiger partial charge in [0, 0.05) is 36.6 Å². The van der Waals surface area contributed by atoms with Gasteiger partial charge in [-0.05, 0) is 18.6 Å². The molecule has 128 valence electrons. The van der Waals surface area contributed by atoms with Crippen molar-refractivity contribution < 1.29 is 9.53 Å². The van der Waals surface area contributed by atoms with Crippen molar-refractivity contribution in [1.82, 2.24) is 10.2 Å². The van der Waals surface area contributed by atoms with E-state index in [0.29, 0.717) is 19.8 Å². The van der Waals surface area contributed by atoms with Gasteiger partial charge in [0.2, 0.25) is 5.91 Å². The molecule has 3 unspecified atom stereocenters. The van der Waals surface area contributed by atoms with Crippen LogP contribution in [0.5, 0.6) is 0 Å². The number of nitrogens with two attached hydrogens (primary N) is 1. The van der Waals surface area contributed by atoms with E-state index in [1.165, 1.54) is 0 Å². The molecule has 1 amide bonds. The lowest BCUT2D eigenvalue weighted by Crippen LogP contribution is -2.46. The van der Waals surface area contributed by atoms with Crippen molar-refractivity contribution in [3.63, 3.8) is 0 Å². The smallest absolute Gasteiger partial charge is 0.224 e. The van der Waals surface area contributed by atoms with Crippen LogP contribution in [0.2, 0.25) is 5.02 Å². The molecule has 0 spiro atoms. The number of benzene rings is 1. The molecule has 1 aliphatic heterocycles. The average Bonchev–Trinajstić information content (AvgIpc) is 2.56. The third-order valence-electron chi connectivity index (χ3n) is 4.42. The first-order chi connectivity index (χ1) is 11.0. The number of rotatable bonds is 6. The van der Waals surface area contributed by atoms with Crippen LogP contribution in [0.4, 0.5) is 0 Å². The number of amides is 1. The molecule has 1 aromatic rings. The number of morpholine rings is 1. The standard InChI is InChI=1S/C17H26ClN3O2/c1-12(13(2)19)17(22)20-11-16(21-7-9-23-10-8-21)14-5-3-4-6-15(14)18/h3-6,12-13,16H,7-11,19H2,1-2H3,(H,20,22). The van der Waals surface area contributed by atoms with Crippen molar-refractivity contribution in [2.75, 3.05) is 32.8 Å². The fraction of sp³-hybridized carbons (Fsp3) is 0.588. The van der Waals surface area contributed by atoms with Crippen LogP contribution in [0.1, 0.15) is 25.5 Å². The van der Waals surface area contributed by atoms with Crippen molar-refractivity contribution in [2.24, 2.45) is 11.7 Å². The predicted octanol–water partition coefficient (Wildman–Crippen LogP) is 1.81. The molecule has 1 fully saturated rings. The van der Waals surface area contributed by atoms with Gasteiger partial charge >= 0.3 is 0 Å². The third kappa shape index (κ3) is 4.91. The number of halogens is 1. The van der Waals surface area contributed by atoms with Crippen LogP contribution in [-0.4, -0.2) is 49.7 Å². The van der Waals surface area contributed by atoms with Gasteiger partial charge in [0.15, 0.2) is 0 Å². The van der Waals surface area contributed by atoms with Crippen LogP contribution >= 0.6 is 11.6 Å². The lowest BCUT2D eigenvalue weighted by Gasteiger charge is -2.35. The van der Waals surface area contributed by atoms with Gasteiger partial charge in [-0.3, -0.25) is 9.69 Å². The number of nitrogens with zero attached hydrogens (tertiary/aromatic N) is 1. The van der Waals surface area contributed by atoms with E-state index in [4.69, 9.17) is 22.1 Å². The van der Waals surface area contributed by atoms with Gasteiger partial charge < -0.3 is 15.8 Å². The van der Waals surface area contributed by atoms with Gasteiger partial charge in [-0.15, -0.1) is 0 Å². The Bertz CT molecular complexity index is 518. The monoisotopic (exact) mass is 339 g/mol. The molecule has 23 heavy (non-hydrogen) atoms. The largest absolute Gasteiger partial charge is 0.379 e. The van der Waals surface area contributed by atoms with Gasteiger partial charge in [0.05, 0.1) is 19.3 Å². The van der Waals surface area contributed by atoms with Crippen LogP contribution in [0.25, 0.3) is 0 Å². The maximum atomic E-state index is 12.2. The first-order valence-corrected chi connectivity index (χ1v) is 8.48. The highest BCUT2D eigenvalue weighted by Gasteiger charge is 2.26. The van der Waals surface area contributed by atoms with E-state index < -0.39 is 0 Å². The summed E-state index contributed by atoms with van der Waals surface area (Å²) in [6.07, 6.45) is 0. The van der Waals surface area contributed by atoms with E-state index in [9.17, 15) is 4.79 Å². The summed E-state index contributed by atoms with van der Waals surface area (Å²) in [5, 5.41) is 3.75. The summed E-state index contributed by atoms with van der Waals surface area (Å²) in [4.78, 5) is 14.5. The molecule has 0 bridgehead atoms. The summed E-state index contributed by atoms with van der Waals surface area (Å²) in [6, 6.07) is 7.66. The molecule has 0 aliphatic carbocycles. The number of ether oxygens (including phenoxy) is 1. The fourth-order valence-corrected chi connectivity index (χ4v) is 2.93. The quantitative estimate of drug-likeness (QED) is 0.829. The Morgan fingerprint density at radius 3 is 2.61 bits per heavy atom. The first kappa shape index (κ1) is 18.2.